The summed E-state index contributed by atoms with van der Waals surface area (Å²) in [6.45, 7) is 0. The number of furan rings is 1. The molecule has 0 unspecified atom stereocenters. The van der Waals surface area contributed by atoms with Gasteiger partial charge in [-0.2, -0.15) is 5.10 Å². The SMILES string of the molecule is O=C(/C=C/c1ccccc1)N/N=C/c1ccc([N+](=O)[O-])o1. The maximum atomic E-state index is 11.5. The molecule has 106 valence electrons. The van der Waals surface area contributed by atoms with Crippen molar-refractivity contribution in [2.45, 2.75) is 0 Å². The second-order valence-corrected chi connectivity index (χ2v) is 3.91. The van der Waals surface area contributed by atoms with E-state index in [1.807, 2.05) is 30.3 Å². The molecule has 1 amide bonds. The van der Waals surface area contributed by atoms with Crippen molar-refractivity contribution in [3.05, 3.63) is 70.0 Å². The lowest BCUT2D eigenvalue weighted by Gasteiger charge is -1.93. The first kappa shape index (κ1) is 14.2. The second-order valence-electron chi connectivity index (χ2n) is 3.91. The fourth-order valence-corrected chi connectivity index (χ4v) is 1.44. The molecule has 0 bridgehead atoms. The molecule has 1 N–H and O–H groups in total. The fourth-order valence-electron chi connectivity index (χ4n) is 1.44. The van der Waals surface area contributed by atoms with Crippen molar-refractivity contribution in [2.24, 2.45) is 5.10 Å². The van der Waals surface area contributed by atoms with Crippen molar-refractivity contribution in [1.82, 2.24) is 5.43 Å². The van der Waals surface area contributed by atoms with E-state index in [0.29, 0.717) is 0 Å². The van der Waals surface area contributed by atoms with Crippen LogP contribution < -0.4 is 5.43 Å². The Morgan fingerprint density at radius 3 is 2.67 bits per heavy atom. The molecule has 0 radical (unpaired) electrons. The molecule has 0 aliphatic heterocycles. The molecule has 0 aliphatic rings. The van der Waals surface area contributed by atoms with Gasteiger partial charge >= 0.3 is 5.88 Å². The molecule has 2 rings (SSSR count). The van der Waals surface area contributed by atoms with Gasteiger partial charge in [0, 0.05) is 6.08 Å². The number of carbonyl (C=O) groups is 1. The van der Waals surface area contributed by atoms with Crippen molar-refractivity contribution in [1.29, 1.82) is 0 Å². The molecule has 1 heterocycles. The van der Waals surface area contributed by atoms with Crippen molar-refractivity contribution >= 4 is 24.1 Å². The zero-order valence-electron chi connectivity index (χ0n) is 10.8. The molecule has 0 spiro atoms. The molecule has 1 aromatic carbocycles. The van der Waals surface area contributed by atoms with Crippen LogP contribution in [0.25, 0.3) is 6.08 Å². The van der Waals surface area contributed by atoms with Gasteiger partial charge in [-0.3, -0.25) is 14.9 Å². The van der Waals surface area contributed by atoms with Gasteiger partial charge in [-0.05, 0) is 17.7 Å². The molecule has 21 heavy (non-hydrogen) atoms. The molecule has 2 aromatic rings. The van der Waals surface area contributed by atoms with Crippen LogP contribution in [0.5, 0.6) is 0 Å². The van der Waals surface area contributed by atoms with Gasteiger partial charge in [0.15, 0.2) is 5.76 Å². The maximum Gasteiger partial charge on any atom is 0.433 e. The molecule has 7 heteroatoms. The summed E-state index contributed by atoms with van der Waals surface area (Å²) in [6.07, 6.45) is 4.15. The summed E-state index contributed by atoms with van der Waals surface area (Å²) in [5.74, 6) is -0.628. The summed E-state index contributed by atoms with van der Waals surface area (Å²) >= 11 is 0. The number of amides is 1. The molecule has 0 atom stereocenters. The average Bonchev–Trinajstić information content (AvgIpc) is 2.95. The highest BCUT2D eigenvalue weighted by atomic mass is 16.6. The van der Waals surface area contributed by atoms with Gasteiger partial charge in [0.05, 0.1) is 12.3 Å². The van der Waals surface area contributed by atoms with Crippen molar-refractivity contribution < 1.29 is 14.1 Å². The van der Waals surface area contributed by atoms with Crippen LogP contribution in [-0.2, 0) is 4.79 Å². The van der Waals surface area contributed by atoms with Crippen LogP contribution in [0, 0.1) is 10.1 Å². The van der Waals surface area contributed by atoms with Crippen molar-refractivity contribution in [2.75, 3.05) is 0 Å². The summed E-state index contributed by atoms with van der Waals surface area (Å²) in [7, 11) is 0. The van der Waals surface area contributed by atoms with E-state index < -0.39 is 10.8 Å². The van der Waals surface area contributed by atoms with Crippen molar-refractivity contribution in [3.8, 4) is 0 Å². The third-order valence-corrected chi connectivity index (χ3v) is 2.39. The van der Waals surface area contributed by atoms with E-state index in [-0.39, 0.29) is 11.6 Å². The maximum absolute atomic E-state index is 11.5. The fraction of sp³-hybridized carbons (Fsp3) is 0. The first-order valence-electron chi connectivity index (χ1n) is 5.95. The smallest absolute Gasteiger partial charge is 0.400 e. The number of nitro groups is 1. The van der Waals surface area contributed by atoms with Gasteiger partial charge in [0.2, 0.25) is 0 Å². The lowest BCUT2D eigenvalue weighted by atomic mass is 10.2. The number of carbonyl (C=O) groups excluding carboxylic acids is 1. The van der Waals surface area contributed by atoms with E-state index in [0.717, 1.165) is 5.56 Å². The van der Waals surface area contributed by atoms with Crippen LogP contribution in [0.4, 0.5) is 5.88 Å². The molecular weight excluding hydrogens is 274 g/mol. The summed E-state index contributed by atoms with van der Waals surface area (Å²) in [5.41, 5.74) is 3.14. The molecule has 0 aliphatic carbocycles. The van der Waals surface area contributed by atoms with E-state index >= 15 is 0 Å². The molecule has 7 nitrogen and oxygen atoms in total. The van der Waals surface area contributed by atoms with E-state index in [2.05, 4.69) is 10.5 Å². The molecule has 0 saturated carbocycles. The number of hydrogen-bond donors (Lipinski definition) is 1. The standard InChI is InChI=1S/C14H11N3O4/c18-13(8-6-11-4-2-1-3-5-11)16-15-10-12-7-9-14(21-12)17(19)20/h1-10H,(H,16,18)/b8-6+,15-10+. The largest absolute Gasteiger partial charge is 0.433 e. The minimum Gasteiger partial charge on any atom is -0.400 e. The number of hydrazone groups is 1. The van der Waals surface area contributed by atoms with Gasteiger partial charge in [-0.1, -0.05) is 30.3 Å². The molecule has 0 saturated heterocycles. The Morgan fingerprint density at radius 2 is 2.00 bits per heavy atom. The Hall–Kier alpha value is -3.22. The van der Waals surface area contributed by atoms with Crippen LogP contribution in [0.15, 0.2) is 58.1 Å². The van der Waals surface area contributed by atoms with Crippen LogP contribution in [-0.4, -0.2) is 17.0 Å². The molecule has 1 aromatic heterocycles. The third kappa shape index (κ3) is 4.43. The summed E-state index contributed by atoms with van der Waals surface area (Å²) in [4.78, 5) is 21.2. The predicted octanol–water partition coefficient (Wildman–Crippen LogP) is 2.35. The Morgan fingerprint density at radius 1 is 1.24 bits per heavy atom. The second kappa shape index (κ2) is 6.80. The monoisotopic (exact) mass is 285 g/mol. The van der Waals surface area contributed by atoms with Crippen LogP contribution in [0.2, 0.25) is 0 Å². The third-order valence-electron chi connectivity index (χ3n) is 2.39. The van der Waals surface area contributed by atoms with E-state index in [4.69, 9.17) is 4.42 Å². The Bertz CT molecular complexity index is 689. The first-order valence-corrected chi connectivity index (χ1v) is 5.95. The van der Waals surface area contributed by atoms with Gasteiger partial charge in [0.1, 0.15) is 4.92 Å². The topological polar surface area (TPSA) is 97.7 Å². The van der Waals surface area contributed by atoms with Crippen molar-refractivity contribution in [3.63, 3.8) is 0 Å². The van der Waals surface area contributed by atoms with Gasteiger partial charge in [0.25, 0.3) is 5.91 Å². The highest BCUT2D eigenvalue weighted by Gasteiger charge is 2.10. The van der Waals surface area contributed by atoms with E-state index in [1.165, 1.54) is 24.4 Å². The number of rotatable bonds is 5. The Labute approximate surface area is 119 Å². The number of benzene rings is 1. The minimum atomic E-state index is -0.654. The van der Waals surface area contributed by atoms with Gasteiger partial charge in [-0.15, -0.1) is 0 Å². The van der Waals surface area contributed by atoms with E-state index in [1.54, 1.807) is 6.08 Å². The normalized spacial score (nSPS) is 11.0. The highest BCUT2D eigenvalue weighted by Crippen LogP contribution is 2.13. The quantitative estimate of drug-likeness (QED) is 0.394. The van der Waals surface area contributed by atoms with Crippen LogP contribution in [0.3, 0.4) is 0 Å². The van der Waals surface area contributed by atoms with E-state index in [9.17, 15) is 14.9 Å². The van der Waals surface area contributed by atoms with Gasteiger partial charge < -0.3 is 4.42 Å². The number of hydrogen-bond acceptors (Lipinski definition) is 5. The average molecular weight is 285 g/mol. The Balaban J connectivity index is 1.87. The Kier molecular flexibility index (Phi) is 4.60. The minimum absolute atomic E-state index is 0.175. The zero-order valence-corrected chi connectivity index (χ0v) is 10.8. The van der Waals surface area contributed by atoms with Gasteiger partial charge in [-0.25, -0.2) is 5.43 Å². The summed E-state index contributed by atoms with van der Waals surface area (Å²) in [6, 6.07) is 11.9. The lowest BCUT2D eigenvalue weighted by Crippen LogP contribution is -2.13. The lowest BCUT2D eigenvalue weighted by molar-refractivity contribution is -0.402. The predicted molar refractivity (Wildman–Crippen MR) is 76.6 cm³/mol. The number of nitrogens with one attached hydrogen (secondary N) is 1. The van der Waals surface area contributed by atoms with Crippen LogP contribution >= 0.6 is 0 Å². The summed E-state index contributed by atoms with van der Waals surface area (Å²) < 4.78 is 4.84. The summed E-state index contributed by atoms with van der Waals surface area (Å²) in [5, 5.41) is 14.0. The van der Waals surface area contributed by atoms with Crippen LogP contribution in [0.1, 0.15) is 11.3 Å². The zero-order chi connectivity index (χ0) is 15.1. The first-order chi connectivity index (χ1) is 10.1. The number of nitrogens with zero attached hydrogens (tertiary/aromatic N) is 2. The molecule has 0 fully saturated rings. The molecular formula is C14H11N3O4. The highest BCUT2D eigenvalue weighted by molar-refractivity contribution is 5.92.